The Morgan fingerprint density at radius 2 is 1.70 bits per heavy atom. The Morgan fingerprint density at radius 3 is 2.30 bits per heavy atom. The van der Waals surface area contributed by atoms with E-state index in [0.717, 1.165) is 6.07 Å². The molecule has 1 atom stereocenters. The minimum Gasteiger partial charge on any atom is -0.494 e. The van der Waals surface area contributed by atoms with Crippen LogP contribution in [0.2, 0.25) is 0 Å². The van der Waals surface area contributed by atoms with Gasteiger partial charge in [-0.2, -0.15) is 0 Å². The lowest BCUT2D eigenvalue weighted by molar-refractivity contribution is 0.386. The first kappa shape index (κ1) is 14.4. The Labute approximate surface area is 115 Å². The predicted molar refractivity (Wildman–Crippen MR) is 70.1 cm³/mol. The lowest BCUT2D eigenvalue weighted by Gasteiger charge is -2.15. The van der Waals surface area contributed by atoms with Crippen LogP contribution >= 0.6 is 0 Å². The zero-order chi connectivity index (χ0) is 14.9. The molecule has 20 heavy (non-hydrogen) atoms. The first-order valence-corrected chi connectivity index (χ1v) is 5.98. The van der Waals surface area contributed by atoms with Crippen molar-refractivity contribution in [2.75, 3.05) is 7.11 Å². The maximum atomic E-state index is 13.8. The Bertz CT molecular complexity index is 643. The molecule has 2 N–H and O–H groups in total. The van der Waals surface area contributed by atoms with Gasteiger partial charge in [0.2, 0.25) is 0 Å². The lowest BCUT2D eigenvalue weighted by atomic mass is 9.97. The lowest BCUT2D eigenvalue weighted by Crippen LogP contribution is -2.14. The van der Waals surface area contributed by atoms with Gasteiger partial charge in [0, 0.05) is 11.6 Å². The van der Waals surface area contributed by atoms with E-state index in [-0.39, 0.29) is 16.9 Å². The highest BCUT2D eigenvalue weighted by atomic mass is 19.1. The third-order valence-electron chi connectivity index (χ3n) is 3.15. The molecule has 1 unspecified atom stereocenters. The van der Waals surface area contributed by atoms with E-state index < -0.39 is 23.5 Å². The summed E-state index contributed by atoms with van der Waals surface area (Å²) in [5, 5.41) is 0. The van der Waals surface area contributed by atoms with Crippen LogP contribution in [0.5, 0.6) is 5.75 Å². The third-order valence-corrected chi connectivity index (χ3v) is 3.15. The van der Waals surface area contributed by atoms with Gasteiger partial charge in [-0.05, 0) is 36.2 Å². The Morgan fingerprint density at radius 1 is 1.00 bits per heavy atom. The number of nitrogens with two attached hydrogens (primary N) is 1. The molecule has 0 bridgehead atoms. The molecule has 0 aromatic heterocycles. The largest absolute Gasteiger partial charge is 0.494 e. The number of ether oxygens (including phenoxy) is 1. The molecule has 0 spiro atoms. The van der Waals surface area contributed by atoms with E-state index in [4.69, 9.17) is 10.5 Å². The van der Waals surface area contributed by atoms with E-state index in [2.05, 4.69) is 0 Å². The van der Waals surface area contributed by atoms with Crippen molar-refractivity contribution < 1.29 is 17.9 Å². The van der Waals surface area contributed by atoms with Crippen molar-refractivity contribution in [1.82, 2.24) is 0 Å². The molecule has 0 radical (unpaired) electrons. The molecule has 0 heterocycles. The fraction of sp³-hybridized carbons (Fsp3) is 0.200. The monoisotopic (exact) mass is 281 g/mol. The quantitative estimate of drug-likeness (QED) is 0.935. The van der Waals surface area contributed by atoms with Crippen molar-refractivity contribution in [3.05, 3.63) is 64.5 Å². The molecule has 0 amide bonds. The van der Waals surface area contributed by atoms with Crippen molar-refractivity contribution in [1.29, 1.82) is 0 Å². The highest BCUT2D eigenvalue weighted by molar-refractivity contribution is 5.38. The van der Waals surface area contributed by atoms with E-state index in [9.17, 15) is 13.2 Å². The molecule has 0 fully saturated rings. The summed E-state index contributed by atoms with van der Waals surface area (Å²) >= 11 is 0. The molecule has 5 heteroatoms. The molecule has 0 aliphatic rings. The van der Waals surface area contributed by atoms with E-state index in [1.807, 2.05) is 0 Å². The number of aryl methyl sites for hydroxylation is 1. The second-order valence-corrected chi connectivity index (χ2v) is 4.49. The van der Waals surface area contributed by atoms with Crippen molar-refractivity contribution >= 4 is 0 Å². The first-order valence-electron chi connectivity index (χ1n) is 5.98. The van der Waals surface area contributed by atoms with Crippen molar-refractivity contribution in [3.63, 3.8) is 0 Å². The number of methoxy groups -OCH3 is 1. The van der Waals surface area contributed by atoms with Crippen LogP contribution in [-0.4, -0.2) is 7.11 Å². The van der Waals surface area contributed by atoms with Gasteiger partial charge in [0.15, 0.2) is 11.6 Å². The first-order chi connectivity index (χ1) is 9.43. The van der Waals surface area contributed by atoms with Gasteiger partial charge in [-0.15, -0.1) is 0 Å². The number of benzene rings is 2. The van der Waals surface area contributed by atoms with E-state index in [0.29, 0.717) is 5.56 Å². The zero-order valence-electron chi connectivity index (χ0n) is 11.1. The third kappa shape index (κ3) is 2.63. The summed E-state index contributed by atoms with van der Waals surface area (Å²) in [7, 11) is 1.35. The summed E-state index contributed by atoms with van der Waals surface area (Å²) in [6, 6.07) is 5.38. The Balaban J connectivity index is 2.43. The SMILES string of the molecule is COc1ccc(C(N)c2cc(C)c(F)cc2F)cc1F. The van der Waals surface area contributed by atoms with E-state index in [1.165, 1.54) is 32.2 Å². The summed E-state index contributed by atoms with van der Waals surface area (Å²) < 4.78 is 45.4. The zero-order valence-corrected chi connectivity index (χ0v) is 11.1. The average Bonchev–Trinajstić information content (AvgIpc) is 2.42. The standard InChI is InChI=1S/C15H14F3NO/c1-8-5-10(12(17)7-11(8)16)15(19)9-3-4-14(20-2)13(18)6-9/h3-7,15H,19H2,1-2H3. The Kier molecular flexibility index (Phi) is 3.99. The highest BCUT2D eigenvalue weighted by Gasteiger charge is 2.17. The maximum absolute atomic E-state index is 13.8. The van der Waals surface area contributed by atoms with Gasteiger partial charge in [0.25, 0.3) is 0 Å². The molecular weight excluding hydrogens is 267 g/mol. The molecule has 2 aromatic rings. The molecule has 2 nitrogen and oxygen atoms in total. The molecule has 0 saturated carbocycles. The van der Waals surface area contributed by atoms with Crippen LogP contribution in [-0.2, 0) is 0 Å². The normalized spacial score (nSPS) is 12.3. The van der Waals surface area contributed by atoms with Crippen molar-refractivity contribution in [2.45, 2.75) is 13.0 Å². The van der Waals surface area contributed by atoms with Crippen LogP contribution in [0.1, 0.15) is 22.7 Å². The average molecular weight is 281 g/mol. The predicted octanol–water partition coefficient (Wildman–Crippen LogP) is 3.47. The second-order valence-electron chi connectivity index (χ2n) is 4.49. The van der Waals surface area contributed by atoms with E-state index in [1.54, 1.807) is 6.07 Å². The minimum absolute atomic E-state index is 0.0803. The molecular formula is C15H14F3NO. The molecule has 2 aromatic carbocycles. The van der Waals surface area contributed by atoms with Crippen LogP contribution in [0.4, 0.5) is 13.2 Å². The summed E-state index contributed by atoms with van der Waals surface area (Å²) in [5.74, 6) is -1.90. The summed E-state index contributed by atoms with van der Waals surface area (Å²) in [6.45, 7) is 1.51. The van der Waals surface area contributed by atoms with Gasteiger partial charge in [-0.1, -0.05) is 6.07 Å². The van der Waals surface area contributed by atoms with Gasteiger partial charge >= 0.3 is 0 Å². The molecule has 106 valence electrons. The smallest absolute Gasteiger partial charge is 0.165 e. The number of halogens is 3. The molecule has 2 rings (SSSR count). The molecule has 0 aliphatic heterocycles. The van der Waals surface area contributed by atoms with Crippen LogP contribution < -0.4 is 10.5 Å². The Hall–Kier alpha value is -2.01. The van der Waals surface area contributed by atoms with Crippen molar-refractivity contribution in [3.8, 4) is 5.75 Å². The second kappa shape index (κ2) is 5.54. The van der Waals surface area contributed by atoms with Gasteiger partial charge in [-0.3, -0.25) is 0 Å². The molecule has 0 aliphatic carbocycles. The van der Waals surface area contributed by atoms with E-state index >= 15 is 0 Å². The molecule has 0 saturated heterocycles. The minimum atomic E-state index is -0.880. The van der Waals surface area contributed by atoms with Gasteiger partial charge in [-0.25, -0.2) is 13.2 Å². The summed E-state index contributed by atoms with van der Waals surface area (Å²) in [5.41, 5.74) is 6.71. The van der Waals surface area contributed by atoms with Crippen LogP contribution in [0, 0.1) is 24.4 Å². The van der Waals surface area contributed by atoms with Crippen LogP contribution in [0.25, 0.3) is 0 Å². The summed E-state index contributed by atoms with van der Waals surface area (Å²) in [4.78, 5) is 0. The van der Waals surface area contributed by atoms with Crippen molar-refractivity contribution in [2.24, 2.45) is 5.73 Å². The fourth-order valence-electron chi connectivity index (χ4n) is 1.97. The van der Waals surface area contributed by atoms with Crippen LogP contribution in [0.3, 0.4) is 0 Å². The van der Waals surface area contributed by atoms with Gasteiger partial charge in [0.05, 0.1) is 13.2 Å². The number of hydrogen-bond acceptors (Lipinski definition) is 2. The highest BCUT2D eigenvalue weighted by Crippen LogP contribution is 2.27. The maximum Gasteiger partial charge on any atom is 0.165 e. The number of rotatable bonds is 3. The topological polar surface area (TPSA) is 35.2 Å². The van der Waals surface area contributed by atoms with Crippen LogP contribution in [0.15, 0.2) is 30.3 Å². The summed E-state index contributed by atoms with van der Waals surface area (Å²) in [6.07, 6.45) is 0. The van der Waals surface area contributed by atoms with Gasteiger partial charge in [0.1, 0.15) is 11.6 Å². The van der Waals surface area contributed by atoms with Gasteiger partial charge < -0.3 is 10.5 Å². The fourth-order valence-corrected chi connectivity index (χ4v) is 1.97. The number of hydrogen-bond donors (Lipinski definition) is 1.